The predicted octanol–water partition coefficient (Wildman–Crippen LogP) is 4.44. The first-order valence-corrected chi connectivity index (χ1v) is 11.7. The number of piperidine rings is 1. The molecule has 2 N–H and O–H groups in total. The lowest BCUT2D eigenvalue weighted by Crippen LogP contribution is -2.34. The maximum atomic E-state index is 12.8. The van der Waals surface area contributed by atoms with Crippen molar-refractivity contribution in [3.63, 3.8) is 0 Å². The van der Waals surface area contributed by atoms with Gasteiger partial charge >= 0.3 is 0 Å². The van der Waals surface area contributed by atoms with Crippen LogP contribution in [0.1, 0.15) is 24.8 Å². The van der Waals surface area contributed by atoms with E-state index in [9.17, 15) is 4.79 Å². The number of aromatic nitrogens is 1. The zero-order chi connectivity index (χ0) is 22.6. The summed E-state index contributed by atoms with van der Waals surface area (Å²) in [5, 5.41) is 6.39. The normalized spacial score (nSPS) is 15.1. The van der Waals surface area contributed by atoms with Crippen LogP contribution in [-0.4, -0.2) is 23.0 Å². The minimum atomic E-state index is -0.146. The maximum Gasteiger partial charge on any atom is 0.257 e. The third kappa shape index (κ3) is 4.76. The number of benzene rings is 3. The lowest BCUT2D eigenvalue weighted by Gasteiger charge is -2.26. The minimum Gasteiger partial charge on any atom is -0.361 e. The van der Waals surface area contributed by atoms with E-state index in [4.69, 9.17) is 0 Å². The van der Waals surface area contributed by atoms with E-state index in [-0.39, 0.29) is 5.56 Å². The molecule has 4 nitrogen and oxygen atoms in total. The van der Waals surface area contributed by atoms with Crippen LogP contribution < -0.4 is 21.4 Å². The van der Waals surface area contributed by atoms with Crippen LogP contribution in [0.3, 0.4) is 0 Å². The molecule has 0 spiro atoms. The molecule has 0 amide bonds. The zero-order valence-corrected chi connectivity index (χ0v) is 18.8. The smallest absolute Gasteiger partial charge is 0.257 e. The number of nitrogens with zero attached hydrogens (tertiary/aromatic N) is 1. The Bertz CT molecular complexity index is 1420. The third-order valence-electron chi connectivity index (χ3n) is 6.44. The second-order valence-corrected chi connectivity index (χ2v) is 8.80. The number of fused-ring (bicyclic) bond motifs is 1. The van der Waals surface area contributed by atoms with Gasteiger partial charge in [0.25, 0.3) is 5.56 Å². The summed E-state index contributed by atoms with van der Waals surface area (Å²) in [6, 6.07) is 24.9. The summed E-state index contributed by atoms with van der Waals surface area (Å²) in [5.41, 5.74) is 4.33. The van der Waals surface area contributed by atoms with E-state index in [1.807, 2.05) is 24.3 Å². The molecular weight excluding hydrogens is 406 g/mol. The van der Waals surface area contributed by atoms with E-state index < -0.39 is 0 Å². The Labute approximate surface area is 193 Å². The third-order valence-corrected chi connectivity index (χ3v) is 6.44. The molecule has 2 heterocycles. The molecule has 1 fully saturated rings. The van der Waals surface area contributed by atoms with Gasteiger partial charge in [0.05, 0.1) is 5.22 Å². The molecule has 0 atom stereocenters. The Balaban J connectivity index is 1.45. The van der Waals surface area contributed by atoms with Crippen molar-refractivity contribution in [2.75, 3.05) is 18.4 Å². The summed E-state index contributed by atoms with van der Waals surface area (Å²) in [4.78, 5) is 18.2. The number of anilines is 1. The van der Waals surface area contributed by atoms with E-state index in [2.05, 4.69) is 70.3 Å². The first-order valence-electron chi connectivity index (χ1n) is 11.7. The topological polar surface area (TPSA) is 48.1 Å². The van der Waals surface area contributed by atoms with Crippen LogP contribution in [0.2, 0.25) is 0 Å². The minimum absolute atomic E-state index is 0.146. The molecule has 4 aromatic rings. The van der Waals surface area contributed by atoms with Gasteiger partial charge in [-0.25, -0.2) is 0 Å². The highest BCUT2D eigenvalue weighted by atomic mass is 16.1. The van der Waals surface area contributed by atoms with Gasteiger partial charge in [-0.1, -0.05) is 67.6 Å². The van der Waals surface area contributed by atoms with Crippen LogP contribution in [-0.2, 0) is 6.54 Å². The Kier molecular flexibility index (Phi) is 6.09. The first-order chi connectivity index (χ1) is 16.2. The molecule has 1 aliphatic rings. The molecule has 33 heavy (non-hydrogen) atoms. The number of nitrogens with one attached hydrogen (secondary N) is 2. The van der Waals surface area contributed by atoms with Gasteiger partial charge in [0, 0.05) is 29.2 Å². The van der Waals surface area contributed by atoms with Crippen LogP contribution >= 0.6 is 0 Å². The highest BCUT2D eigenvalue weighted by molar-refractivity contribution is 5.88. The van der Waals surface area contributed by atoms with Crippen molar-refractivity contribution in [3.05, 3.63) is 99.3 Å². The molecule has 0 bridgehead atoms. The Morgan fingerprint density at radius 3 is 2.39 bits per heavy atom. The summed E-state index contributed by atoms with van der Waals surface area (Å²) < 4.78 is 0. The van der Waals surface area contributed by atoms with Crippen LogP contribution in [0, 0.1) is 0 Å². The van der Waals surface area contributed by atoms with E-state index in [0.717, 1.165) is 34.1 Å². The molecule has 0 saturated carbocycles. The number of rotatable bonds is 5. The molecule has 4 heteroatoms. The van der Waals surface area contributed by atoms with Gasteiger partial charge in [0.2, 0.25) is 0 Å². The average Bonchev–Trinajstić information content (AvgIpc) is 2.86. The van der Waals surface area contributed by atoms with Gasteiger partial charge < -0.3 is 10.3 Å². The molecule has 0 unspecified atom stereocenters. The lowest BCUT2D eigenvalue weighted by molar-refractivity contribution is 0.221. The van der Waals surface area contributed by atoms with E-state index in [0.29, 0.717) is 10.6 Å². The van der Waals surface area contributed by atoms with Crippen LogP contribution in [0.5, 0.6) is 0 Å². The monoisotopic (exact) mass is 435 g/mol. The molecule has 5 rings (SSSR count). The highest BCUT2D eigenvalue weighted by Crippen LogP contribution is 2.21. The lowest BCUT2D eigenvalue weighted by atomic mass is 10.0. The summed E-state index contributed by atoms with van der Waals surface area (Å²) in [7, 11) is 0. The van der Waals surface area contributed by atoms with Gasteiger partial charge in [0.1, 0.15) is 0 Å². The van der Waals surface area contributed by atoms with Crippen LogP contribution in [0.15, 0.2) is 77.6 Å². The fourth-order valence-electron chi connectivity index (χ4n) is 4.62. The zero-order valence-electron chi connectivity index (χ0n) is 18.8. The predicted molar refractivity (Wildman–Crippen MR) is 138 cm³/mol. The van der Waals surface area contributed by atoms with E-state index in [1.165, 1.54) is 37.9 Å². The number of H-pyrrole nitrogens is 1. The quantitative estimate of drug-likeness (QED) is 0.487. The van der Waals surface area contributed by atoms with Gasteiger partial charge in [-0.2, -0.15) is 0 Å². The number of hydrogen-bond acceptors (Lipinski definition) is 3. The van der Waals surface area contributed by atoms with Crippen LogP contribution in [0.25, 0.3) is 34.7 Å². The van der Waals surface area contributed by atoms with Crippen molar-refractivity contribution in [1.82, 2.24) is 9.88 Å². The highest BCUT2D eigenvalue weighted by Gasteiger charge is 2.10. The van der Waals surface area contributed by atoms with Crippen molar-refractivity contribution in [1.29, 1.82) is 0 Å². The SMILES string of the molecule is C=c1[nH]c(=O)/c(=C\Nc2ccc(CN3CCCCC3)cc2)c2cc(-c3ccccc3)ccc12. The standard InChI is InChI=1S/C29H29N3O/c1-21-26-15-12-24(23-8-4-2-5-9-23)18-27(26)28(29(33)31-21)19-30-25-13-10-22(11-14-25)20-32-16-6-3-7-17-32/h2,4-5,8-15,18-19,30H,1,3,6-7,16-17,20H2,(H,31,33)/b28-19-. The van der Waals surface area contributed by atoms with Crippen molar-refractivity contribution >= 4 is 29.2 Å². The Morgan fingerprint density at radius 1 is 0.879 bits per heavy atom. The molecule has 166 valence electrons. The second-order valence-electron chi connectivity index (χ2n) is 8.80. The number of likely N-dealkylation sites (tertiary alicyclic amines) is 1. The van der Waals surface area contributed by atoms with Crippen molar-refractivity contribution in [2.24, 2.45) is 0 Å². The average molecular weight is 436 g/mol. The summed E-state index contributed by atoms with van der Waals surface area (Å²) in [5.74, 6) is 0. The number of hydrogen-bond donors (Lipinski definition) is 2. The summed E-state index contributed by atoms with van der Waals surface area (Å²) in [6.07, 6.45) is 5.75. The number of pyridine rings is 1. The fourth-order valence-corrected chi connectivity index (χ4v) is 4.62. The van der Waals surface area contributed by atoms with Gasteiger partial charge in [-0.15, -0.1) is 0 Å². The first kappa shape index (κ1) is 21.2. The number of aromatic amines is 1. The molecule has 1 aromatic heterocycles. The molecule has 1 saturated heterocycles. The molecule has 1 aliphatic heterocycles. The van der Waals surface area contributed by atoms with Gasteiger partial charge in [-0.05, 0) is 66.2 Å². The van der Waals surface area contributed by atoms with Crippen LogP contribution in [0.4, 0.5) is 5.69 Å². The van der Waals surface area contributed by atoms with Crippen molar-refractivity contribution in [3.8, 4) is 11.1 Å². The maximum absolute atomic E-state index is 12.8. The van der Waals surface area contributed by atoms with Gasteiger partial charge in [0.15, 0.2) is 0 Å². The Hall–Kier alpha value is -3.63. The van der Waals surface area contributed by atoms with Gasteiger partial charge in [-0.3, -0.25) is 9.69 Å². The van der Waals surface area contributed by atoms with Crippen molar-refractivity contribution < 1.29 is 0 Å². The Morgan fingerprint density at radius 2 is 1.64 bits per heavy atom. The van der Waals surface area contributed by atoms with E-state index in [1.54, 1.807) is 6.20 Å². The molecule has 0 aliphatic carbocycles. The molecular formula is C29H29N3O. The molecule has 3 aromatic carbocycles. The van der Waals surface area contributed by atoms with E-state index >= 15 is 0 Å². The second kappa shape index (κ2) is 9.47. The molecule has 0 radical (unpaired) electrons. The summed E-state index contributed by atoms with van der Waals surface area (Å²) in [6.45, 7) is 7.42. The van der Waals surface area contributed by atoms with Crippen molar-refractivity contribution in [2.45, 2.75) is 25.8 Å². The summed E-state index contributed by atoms with van der Waals surface area (Å²) >= 11 is 0. The fraction of sp³-hybridized carbons (Fsp3) is 0.207. The largest absolute Gasteiger partial charge is 0.361 e.